The van der Waals surface area contributed by atoms with E-state index in [4.69, 9.17) is 18.5 Å². The second kappa shape index (κ2) is 35.6. The molecular weight excluding hydrogens is 754 g/mol. The van der Waals surface area contributed by atoms with E-state index in [1.54, 1.807) is 0 Å². The third kappa shape index (κ3) is 27.6. The number of ether oxygens (including phenoxy) is 2. The van der Waals surface area contributed by atoms with Gasteiger partial charge in [0.2, 0.25) is 0 Å². The Labute approximate surface area is 360 Å². The predicted octanol–water partition coefficient (Wildman–Crippen LogP) is 4.10. The first-order valence-corrected chi connectivity index (χ1v) is 23.3. The van der Waals surface area contributed by atoms with Crippen LogP contribution >= 0.6 is 7.82 Å². The van der Waals surface area contributed by atoms with Crippen molar-refractivity contribution < 1.29 is 92.7 Å². The molecule has 8 atom stereocenters. The van der Waals surface area contributed by atoms with Gasteiger partial charge in [-0.05, 0) is 12.8 Å². The first-order chi connectivity index (χ1) is 26.4. The maximum Gasteiger partial charge on any atom is 1.00 e. The van der Waals surface area contributed by atoms with Gasteiger partial charge >= 0.3 is 41.5 Å². The first kappa shape index (κ1) is 55.9. The van der Waals surface area contributed by atoms with Gasteiger partial charge in [0, 0.05) is 12.8 Å². The molecule has 1 aliphatic rings. The quantitative estimate of drug-likeness (QED) is 0.0261. The van der Waals surface area contributed by atoms with Crippen LogP contribution in [0.2, 0.25) is 0 Å². The largest absolute Gasteiger partial charge is 1.00 e. The molecule has 0 bridgehead atoms. The second-order valence-electron chi connectivity index (χ2n) is 15.5. The Bertz CT molecular complexity index is 993. The molecule has 3 unspecified atom stereocenters. The summed E-state index contributed by atoms with van der Waals surface area (Å²) in [5, 5.41) is 49.9. The number of phosphoric ester groups is 1. The summed E-state index contributed by atoms with van der Waals surface area (Å²) >= 11 is 0. The van der Waals surface area contributed by atoms with Crippen molar-refractivity contribution >= 4 is 19.8 Å². The molecule has 0 aromatic carbocycles. The Morgan fingerprint density at radius 1 is 0.518 bits per heavy atom. The van der Waals surface area contributed by atoms with Gasteiger partial charge in [-0.25, -0.2) is 0 Å². The maximum atomic E-state index is 12.7. The summed E-state index contributed by atoms with van der Waals surface area (Å²) in [6.45, 7) is 3.20. The Balaban J connectivity index is 0.0000302. The summed E-state index contributed by atoms with van der Waals surface area (Å²) < 4.78 is 33.1. The summed E-state index contributed by atoms with van der Waals surface area (Å²) in [4.78, 5) is 37.9. The van der Waals surface area contributed by atoms with Crippen LogP contribution in [-0.4, -0.2) is 93.4 Å². The van der Waals surface area contributed by atoms with E-state index >= 15 is 0 Å². The molecule has 0 spiro atoms. The van der Waals surface area contributed by atoms with Crippen molar-refractivity contribution in [3.05, 3.63) is 0 Å². The molecule has 1 fully saturated rings. The number of phosphoric acid groups is 1. The molecule has 1 saturated carbocycles. The van der Waals surface area contributed by atoms with Gasteiger partial charge in [0.25, 0.3) is 7.82 Å². The van der Waals surface area contributed by atoms with E-state index in [9.17, 15) is 44.6 Å². The van der Waals surface area contributed by atoms with Gasteiger partial charge in [-0.2, -0.15) is 0 Å². The molecule has 0 aromatic heterocycles. The molecule has 0 radical (unpaired) electrons. The molecule has 0 aromatic rings. The molecule has 326 valence electrons. The third-order valence-corrected chi connectivity index (χ3v) is 11.4. The Morgan fingerprint density at radius 2 is 0.839 bits per heavy atom. The van der Waals surface area contributed by atoms with E-state index < -0.39 is 75.7 Å². The van der Waals surface area contributed by atoms with Gasteiger partial charge < -0.3 is 48.9 Å². The normalized spacial score (nSPS) is 22.6. The zero-order chi connectivity index (χ0) is 40.7. The minimum atomic E-state index is -5.35. The van der Waals surface area contributed by atoms with Gasteiger partial charge in [-0.15, -0.1) is 0 Å². The summed E-state index contributed by atoms with van der Waals surface area (Å²) in [5.41, 5.74) is 0. The minimum Gasteiger partial charge on any atom is -0.756 e. The van der Waals surface area contributed by atoms with Gasteiger partial charge in [-0.1, -0.05) is 168 Å². The Kier molecular flexibility index (Phi) is 35.5. The van der Waals surface area contributed by atoms with E-state index in [1.165, 1.54) is 109 Å². The summed E-state index contributed by atoms with van der Waals surface area (Å²) in [6.07, 6.45) is 16.9. The maximum absolute atomic E-state index is 12.7. The molecule has 0 saturated heterocycles. The standard InChI is InChI=1S/C41H79O13P.Na/c1-3-5-7-9-11-13-15-17-19-21-23-25-27-29-34(42)51-31-33(32-52-55(49,50)54-41-39(47)37(45)36(44)38(46)40(41)48)53-35(43)30-28-26-24-22-20-18-16-14-12-10-8-6-4-2;/h33,36-41,44-48H,3-32H2,1-2H3,(H,49,50);/q;+1/p-1/t33-,36?,37-,38+,39+,40+,41?;/m1./s1. The SMILES string of the molecule is CCCCCCCCCCCCCCCC(=O)OC[C@H](COP(=O)([O-])OC1[C@@H](O)[C@H](O)C(O)[C@H](O)[C@@H]1O)OC(=O)CCCCCCCCCCCCCCC.[Na+]. The van der Waals surface area contributed by atoms with E-state index in [0.29, 0.717) is 12.8 Å². The molecule has 56 heavy (non-hydrogen) atoms. The number of rotatable bonds is 36. The zero-order valence-corrected chi connectivity index (χ0v) is 38.1. The number of esters is 2. The van der Waals surface area contributed by atoms with Crippen LogP contribution in [0.25, 0.3) is 0 Å². The van der Waals surface area contributed by atoms with Gasteiger partial charge in [0.15, 0.2) is 6.10 Å². The fourth-order valence-electron chi connectivity index (χ4n) is 6.87. The van der Waals surface area contributed by atoms with Crippen LogP contribution in [-0.2, 0) is 32.7 Å². The summed E-state index contributed by atoms with van der Waals surface area (Å²) in [6, 6.07) is 0. The first-order valence-electron chi connectivity index (χ1n) is 21.8. The monoisotopic (exact) mass is 833 g/mol. The predicted molar refractivity (Wildman–Crippen MR) is 210 cm³/mol. The molecule has 0 amide bonds. The van der Waals surface area contributed by atoms with Crippen LogP contribution in [0.5, 0.6) is 0 Å². The average molecular weight is 833 g/mol. The van der Waals surface area contributed by atoms with E-state index in [-0.39, 0.29) is 42.4 Å². The number of aliphatic hydroxyl groups is 5. The number of unbranched alkanes of at least 4 members (excludes halogenated alkanes) is 24. The molecule has 15 heteroatoms. The third-order valence-electron chi connectivity index (χ3n) is 10.4. The van der Waals surface area contributed by atoms with Crippen molar-refractivity contribution in [2.24, 2.45) is 0 Å². The van der Waals surface area contributed by atoms with Gasteiger partial charge in [0.05, 0.1) is 6.61 Å². The number of aliphatic hydroxyl groups excluding tert-OH is 5. The molecule has 1 rings (SSSR count). The van der Waals surface area contributed by atoms with Crippen molar-refractivity contribution in [3.8, 4) is 0 Å². The minimum absolute atomic E-state index is 0. The van der Waals surface area contributed by atoms with Crippen LogP contribution in [0.1, 0.15) is 194 Å². The molecule has 13 nitrogen and oxygen atoms in total. The Hall–Kier alpha value is -0.150. The van der Waals surface area contributed by atoms with Crippen LogP contribution < -0.4 is 34.5 Å². The summed E-state index contributed by atoms with van der Waals surface area (Å²) in [7, 11) is -5.35. The second-order valence-corrected chi connectivity index (χ2v) is 16.9. The fraction of sp³-hybridized carbons (Fsp3) is 0.951. The molecule has 1 aliphatic carbocycles. The van der Waals surface area contributed by atoms with Crippen molar-refractivity contribution in [1.29, 1.82) is 0 Å². The molecule has 0 aliphatic heterocycles. The van der Waals surface area contributed by atoms with Crippen molar-refractivity contribution in [1.82, 2.24) is 0 Å². The fourth-order valence-corrected chi connectivity index (χ4v) is 7.83. The number of carbonyl (C=O) groups is 2. The number of carbonyl (C=O) groups excluding carboxylic acids is 2. The zero-order valence-electron chi connectivity index (χ0n) is 35.2. The van der Waals surface area contributed by atoms with E-state index in [1.807, 2.05) is 0 Å². The number of hydrogen-bond acceptors (Lipinski definition) is 13. The van der Waals surface area contributed by atoms with E-state index in [2.05, 4.69) is 13.8 Å². The van der Waals surface area contributed by atoms with Crippen molar-refractivity contribution in [2.45, 2.75) is 236 Å². The van der Waals surface area contributed by atoms with Crippen molar-refractivity contribution in [2.75, 3.05) is 13.2 Å². The summed E-state index contributed by atoms with van der Waals surface area (Å²) in [5.74, 6) is -1.12. The number of hydrogen-bond donors (Lipinski definition) is 5. The van der Waals surface area contributed by atoms with Gasteiger partial charge in [-0.3, -0.25) is 14.2 Å². The average Bonchev–Trinajstić information content (AvgIpc) is 3.16. The molecule has 0 heterocycles. The molecule has 5 N–H and O–H groups in total. The van der Waals surface area contributed by atoms with Gasteiger partial charge in [0.1, 0.15) is 43.2 Å². The van der Waals surface area contributed by atoms with Crippen LogP contribution in [0, 0.1) is 0 Å². The van der Waals surface area contributed by atoms with Crippen LogP contribution in [0.4, 0.5) is 0 Å². The Morgan fingerprint density at radius 3 is 1.21 bits per heavy atom. The smallest absolute Gasteiger partial charge is 0.756 e. The van der Waals surface area contributed by atoms with E-state index in [0.717, 1.165) is 44.9 Å². The van der Waals surface area contributed by atoms with Crippen LogP contribution in [0.15, 0.2) is 0 Å². The molecular formula is C41H78NaO13P. The topological polar surface area (TPSA) is 212 Å². The van der Waals surface area contributed by atoms with Crippen molar-refractivity contribution in [3.63, 3.8) is 0 Å². The van der Waals surface area contributed by atoms with Crippen LogP contribution in [0.3, 0.4) is 0 Å².